The minimum Gasteiger partial charge on any atom is -0.364 e. The molecule has 2 atom stereocenters. The summed E-state index contributed by atoms with van der Waals surface area (Å²) in [5.74, 6) is 1.95. The summed E-state index contributed by atoms with van der Waals surface area (Å²) in [4.78, 5) is 20.9. The Bertz CT molecular complexity index is 871. The van der Waals surface area contributed by atoms with Crippen LogP contribution in [0.2, 0.25) is 0 Å². The molecule has 0 spiro atoms. The number of hydrogen-bond donors (Lipinski definition) is 1. The smallest absolute Gasteiger partial charge is 0.164 e. The lowest BCUT2D eigenvalue weighted by molar-refractivity contribution is 0.0974. The monoisotopic (exact) mass is 393 g/mol. The first kappa shape index (κ1) is 18.2. The molecule has 146 valence electrons. The normalized spacial score (nSPS) is 25.7. The number of aromatic nitrogens is 1. The molecule has 0 amide bonds. The molecular formula is C23H27N3OS. The number of ketones is 1. The Kier molecular flexibility index (Phi) is 4.89. The van der Waals surface area contributed by atoms with Crippen molar-refractivity contribution in [2.45, 2.75) is 48.5 Å². The van der Waals surface area contributed by atoms with Crippen molar-refractivity contribution in [3.63, 3.8) is 0 Å². The molecule has 4 nitrogen and oxygen atoms in total. The Balaban J connectivity index is 1.40. The summed E-state index contributed by atoms with van der Waals surface area (Å²) < 4.78 is 0. The van der Waals surface area contributed by atoms with E-state index in [-0.39, 0.29) is 11.3 Å². The molecule has 1 aromatic heterocycles. The molecule has 0 radical (unpaired) electrons. The maximum atomic E-state index is 12.6. The molecule has 5 heteroatoms. The first-order valence-corrected chi connectivity index (χ1v) is 11.5. The largest absolute Gasteiger partial charge is 0.364 e. The highest BCUT2D eigenvalue weighted by Crippen LogP contribution is 2.56. The number of hydrogen-bond acceptors (Lipinski definition) is 5. The van der Waals surface area contributed by atoms with Gasteiger partial charge in [-0.15, -0.1) is 11.8 Å². The van der Waals surface area contributed by atoms with Crippen molar-refractivity contribution >= 4 is 23.2 Å². The topological polar surface area (TPSA) is 45.2 Å². The van der Waals surface area contributed by atoms with Gasteiger partial charge in [-0.2, -0.15) is 0 Å². The molecule has 1 fully saturated rings. The van der Waals surface area contributed by atoms with Crippen molar-refractivity contribution < 1.29 is 4.79 Å². The van der Waals surface area contributed by atoms with Crippen LogP contribution in [0.15, 0.2) is 47.6 Å². The van der Waals surface area contributed by atoms with Crippen molar-refractivity contribution in [2.24, 2.45) is 0 Å². The number of thioether (sulfide) groups is 1. The Morgan fingerprint density at radius 3 is 3.18 bits per heavy atom. The van der Waals surface area contributed by atoms with Crippen LogP contribution in [0, 0.1) is 0 Å². The van der Waals surface area contributed by atoms with Gasteiger partial charge in [-0.25, -0.2) is 0 Å². The fourth-order valence-electron chi connectivity index (χ4n) is 5.49. The van der Waals surface area contributed by atoms with Gasteiger partial charge in [0.1, 0.15) is 0 Å². The molecule has 3 aliphatic heterocycles. The molecule has 28 heavy (non-hydrogen) atoms. The van der Waals surface area contributed by atoms with Gasteiger partial charge >= 0.3 is 0 Å². The molecule has 1 aromatic carbocycles. The molecule has 2 aromatic rings. The SMILES string of the molecule is O=C(CCC[C@]12CCNC[C@H]1c1cccc3c1N2CCCS3)c1cccnc1. The summed E-state index contributed by atoms with van der Waals surface area (Å²) in [6, 6.07) is 10.6. The zero-order valence-corrected chi connectivity index (χ0v) is 17.0. The van der Waals surface area contributed by atoms with Gasteiger partial charge in [0, 0.05) is 53.8 Å². The van der Waals surface area contributed by atoms with Crippen LogP contribution >= 0.6 is 11.8 Å². The number of fused-ring (bicyclic) bond motifs is 3. The number of carbonyl (C=O) groups is 1. The highest BCUT2D eigenvalue weighted by Gasteiger charge is 2.52. The number of pyridine rings is 1. The molecular weight excluding hydrogens is 366 g/mol. The summed E-state index contributed by atoms with van der Waals surface area (Å²) in [5.41, 5.74) is 3.93. The van der Waals surface area contributed by atoms with Crippen LogP contribution in [0.4, 0.5) is 5.69 Å². The van der Waals surface area contributed by atoms with E-state index in [9.17, 15) is 4.79 Å². The lowest BCUT2D eigenvalue weighted by Gasteiger charge is -2.47. The highest BCUT2D eigenvalue weighted by molar-refractivity contribution is 7.99. The molecule has 0 unspecified atom stereocenters. The van der Waals surface area contributed by atoms with E-state index in [4.69, 9.17) is 0 Å². The predicted molar refractivity (Wildman–Crippen MR) is 115 cm³/mol. The first-order valence-electron chi connectivity index (χ1n) is 10.5. The van der Waals surface area contributed by atoms with Crippen LogP contribution in [0.3, 0.4) is 0 Å². The number of benzene rings is 1. The van der Waals surface area contributed by atoms with Crippen LogP contribution in [0.25, 0.3) is 0 Å². The average Bonchev–Trinajstić information content (AvgIpc) is 2.86. The summed E-state index contributed by atoms with van der Waals surface area (Å²) in [7, 11) is 0. The number of nitrogens with one attached hydrogen (secondary N) is 1. The number of nitrogens with zero attached hydrogens (tertiary/aromatic N) is 2. The molecule has 4 heterocycles. The summed E-state index contributed by atoms with van der Waals surface area (Å²) in [6.07, 6.45) is 8.45. The van der Waals surface area contributed by atoms with Gasteiger partial charge in [-0.1, -0.05) is 12.1 Å². The van der Waals surface area contributed by atoms with E-state index in [0.29, 0.717) is 12.3 Å². The summed E-state index contributed by atoms with van der Waals surface area (Å²) in [5, 5.41) is 3.64. The van der Waals surface area contributed by atoms with Gasteiger partial charge in [0.25, 0.3) is 0 Å². The zero-order valence-electron chi connectivity index (χ0n) is 16.2. The Labute approximate surface area is 171 Å². The lowest BCUT2D eigenvalue weighted by Crippen LogP contribution is -2.56. The average molecular weight is 394 g/mol. The van der Waals surface area contributed by atoms with E-state index in [1.807, 2.05) is 23.9 Å². The number of rotatable bonds is 5. The van der Waals surface area contributed by atoms with Gasteiger partial charge in [0.05, 0.1) is 5.69 Å². The van der Waals surface area contributed by atoms with E-state index in [1.165, 1.54) is 28.3 Å². The standard InChI is InChI=1S/C23H27N3OS/c27-20(17-5-3-11-24-15-17)7-2-9-23-10-12-25-16-19(23)18-6-1-8-21-22(18)26(23)13-4-14-28-21/h1,3,5-6,8,11,15,19,25H,2,4,7,9-10,12-14,16H2/t19-,23-/m0/s1. The lowest BCUT2D eigenvalue weighted by atomic mass is 9.73. The van der Waals surface area contributed by atoms with Gasteiger partial charge < -0.3 is 10.2 Å². The van der Waals surface area contributed by atoms with Gasteiger partial charge in [-0.3, -0.25) is 9.78 Å². The summed E-state index contributed by atoms with van der Waals surface area (Å²) >= 11 is 2.01. The van der Waals surface area contributed by atoms with Crippen LogP contribution in [-0.4, -0.2) is 41.7 Å². The van der Waals surface area contributed by atoms with Crippen molar-refractivity contribution in [1.29, 1.82) is 0 Å². The highest BCUT2D eigenvalue weighted by atomic mass is 32.2. The molecule has 3 aliphatic rings. The van der Waals surface area contributed by atoms with Crippen LogP contribution in [0.5, 0.6) is 0 Å². The van der Waals surface area contributed by atoms with E-state index in [2.05, 4.69) is 33.4 Å². The van der Waals surface area contributed by atoms with Crippen molar-refractivity contribution in [3.05, 3.63) is 53.9 Å². The Morgan fingerprint density at radius 1 is 1.32 bits per heavy atom. The van der Waals surface area contributed by atoms with E-state index < -0.39 is 0 Å². The van der Waals surface area contributed by atoms with Crippen LogP contribution in [-0.2, 0) is 0 Å². The van der Waals surface area contributed by atoms with Gasteiger partial charge in [0.2, 0.25) is 0 Å². The molecule has 0 saturated carbocycles. The van der Waals surface area contributed by atoms with Crippen molar-refractivity contribution in [3.8, 4) is 0 Å². The fourth-order valence-corrected chi connectivity index (χ4v) is 6.52. The van der Waals surface area contributed by atoms with Crippen molar-refractivity contribution in [1.82, 2.24) is 10.3 Å². The Hall–Kier alpha value is -1.85. The number of piperidine rings is 1. The van der Waals surface area contributed by atoms with Gasteiger partial charge in [-0.05, 0) is 61.7 Å². The molecule has 0 aliphatic carbocycles. The zero-order chi connectivity index (χ0) is 19.0. The molecule has 5 rings (SSSR count). The molecule has 1 N–H and O–H groups in total. The summed E-state index contributed by atoms with van der Waals surface area (Å²) in [6.45, 7) is 3.26. The maximum absolute atomic E-state index is 12.6. The second kappa shape index (κ2) is 7.53. The maximum Gasteiger partial charge on any atom is 0.164 e. The second-order valence-corrected chi connectivity index (χ2v) is 9.31. The fraction of sp³-hybridized carbons (Fsp3) is 0.478. The van der Waals surface area contributed by atoms with Crippen LogP contribution < -0.4 is 10.2 Å². The minimum atomic E-state index is 0.170. The first-order chi connectivity index (χ1) is 13.8. The van der Waals surface area contributed by atoms with Crippen molar-refractivity contribution in [2.75, 3.05) is 30.3 Å². The number of carbonyl (C=O) groups excluding carboxylic acids is 1. The number of Topliss-reactive ketones (excluding diaryl/α,β-unsaturated/α-hetero) is 1. The third-order valence-corrected chi connectivity index (χ3v) is 7.86. The van der Waals surface area contributed by atoms with E-state index >= 15 is 0 Å². The Morgan fingerprint density at radius 2 is 2.29 bits per heavy atom. The van der Waals surface area contributed by atoms with Gasteiger partial charge in [0.15, 0.2) is 5.78 Å². The quantitative estimate of drug-likeness (QED) is 0.769. The predicted octanol–water partition coefficient (Wildman–Crippen LogP) is 4.27. The third kappa shape index (κ3) is 2.96. The van der Waals surface area contributed by atoms with Crippen LogP contribution in [0.1, 0.15) is 53.9 Å². The molecule has 1 saturated heterocycles. The molecule has 0 bridgehead atoms. The minimum absolute atomic E-state index is 0.170. The number of para-hydroxylation sites is 1. The number of anilines is 1. The van der Waals surface area contributed by atoms with E-state index in [0.717, 1.165) is 44.5 Å². The van der Waals surface area contributed by atoms with E-state index in [1.54, 1.807) is 12.4 Å². The third-order valence-electron chi connectivity index (χ3n) is 6.73. The second-order valence-electron chi connectivity index (χ2n) is 8.18.